The van der Waals surface area contributed by atoms with E-state index in [0.29, 0.717) is 13.0 Å². The number of carbonyl (C=O) groups is 1. The first-order valence-corrected chi connectivity index (χ1v) is 11.8. The van der Waals surface area contributed by atoms with Gasteiger partial charge in [0.15, 0.2) is 0 Å². The van der Waals surface area contributed by atoms with Crippen molar-refractivity contribution >= 4 is 12.0 Å². The van der Waals surface area contributed by atoms with Gasteiger partial charge in [0, 0.05) is 6.42 Å². The third-order valence-corrected chi connectivity index (χ3v) is 5.36. The molecular weight excluding hydrogens is 352 g/mol. The molecule has 0 aromatic rings. The van der Waals surface area contributed by atoms with Crippen LogP contribution in [-0.2, 0) is 9.59 Å². The molecule has 0 unspecified atom stereocenters. The molecule has 0 bridgehead atoms. The van der Waals surface area contributed by atoms with Crippen molar-refractivity contribution in [1.82, 2.24) is 5.48 Å². The maximum Gasteiger partial charge on any atom is 0.243 e. The lowest BCUT2D eigenvalue weighted by Gasteiger charge is -2.04. The maximum atomic E-state index is 10.8. The number of amides is 1. The van der Waals surface area contributed by atoms with Crippen LogP contribution in [-0.4, -0.2) is 23.7 Å². The van der Waals surface area contributed by atoms with Crippen molar-refractivity contribution in [2.45, 2.75) is 128 Å². The zero-order valence-corrected chi connectivity index (χ0v) is 18.1. The Hall–Kier alpha value is -1.19. The Morgan fingerprint density at radius 1 is 0.607 bits per heavy atom. The van der Waals surface area contributed by atoms with Crippen LogP contribution in [0.1, 0.15) is 128 Å². The van der Waals surface area contributed by atoms with Crippen LogP contribution in [0, 0.1) is 0 Å². The number of rotatable bonds is 22. The minimum absolute atomic E-state index is 0.269. The molecule has 164 valence electrons. The summed E-state index contributed by atoms with van der Waals surface area (Å²) in [4.78, 5) is 24.3. The van der Waals surface area contributed by atoms with E-state index in [2.05, 4.69) is 4.99 Å². The summed E-state index contributed by atoms with van der Waals surface area (Å²) in [5, 5.41) is 8.40. The van der Waals surface area contributed by atoms with E-state index in [-0.39, 0.29) is 5.91 Å². The molecule has 0 aromatic heterocycles. The fourth-order valence-corrected chi connectivity index (χ4v) is 3.58. The second-order valence-electron chi connectivity index (χ2n) is 7.98. The summed E-state index contributed by atoms with van der Waals surface area (Å²) in [6.07, 6.45) is 26.4. The molecule has 28 heavy (non-hydrogen) atoms. The highest BCUT2D eigenvalue weighted by Crippen LogP contribution is 2.14. The van der Waals surface area contributed by atoms with Gasteiger partial charge in [0.2, 0.25) is 12.0 Å². The van der Waals surface area contributed by atoms with Crippen molar-refractivity contribution in [1.29, 1.82) is 0 Å². The van der Waals surface area contributed by atoms with E-state index in [1.165, 1.54) is 103 Å². The Bertz CT molecular complexity index is 382. The lowest BCUT2D eigenvalue weighted by molar-refractivity contribution is -0.129. The van der Waals surface area contributed by atoms with Gasteiger partial charge in [0.25, 0.3) is 0 Å². The number of isocyanates is 1. The van der Waals surface area contributed by atoms with E-state index in [9.17, 15) is 9.59 Å². The highest BCUT2D eigenvalue weighted by atomic mass is 16.5. The molecule has 0 fully saturated rings. The van der Waals surface area contributed by atoms with Crippen molar-refractivity contribution in [3.05, 3.63) is 0 Å². The van der Waals surface area contributed by atoms with Crippen LogP contribution in [0.2, 0.25) is 0 Å². The van der Waals surface area contributed by atoms with Crippen LogP contribution in [0.3, 0.4) is 0 Å². The van der Waals surface area contributed by atoms with Gasteiger partial charge in [-0.05, 0) is 12.8 Å². The van der Waals surface area contributed by atoms with E-state index < -0.39 is 0 Å². The van der Waals surface area contributed by atoms with Gasteiger partial charge in [-0.2, -0.15) is 0 Å². The third-order valence-electron chi connectivity index (χ3n) is 5.36. The van der Waals surface area contributed by atoms with Crippen LogP contribution < -0.4 is 5.48 Å². The molecule has 0 rings (SSSR count). The first-order valence-electron chi connectivity index (χ1n) is 11.8. The number of hydrogen-bond acceptors (Lipinski definition) is 4. The average Bonchev–Trinajstić information content (AvgIpc) is 2.71. The molecule has 0 atom stereocenters. The Morgan fingerprint density at radius 3 is 1.25 bits per heavy atom. The van der Waals surface area contributed by atoms with Gasteiger partial charge < -0.3 is 0 Å². The average molecular weight is 397 g/mol. The highest BCUT2D eigenvalue weighted by Gasteiger charge is 1.98. The Labute approximate surface area is 172 Å². The second-order valence-corrected chi connectivity index (χ2v) is 7.98. The van der Waals surface area contributed by atoms with E-state index in [1.807, 2.05) is 0 Å². The Kier molecular flexibility index (Phi) is 22.8. The first kappa shape index (κ1) is 26.8. The zero-order valence-electron chi connectivity index (χ0n) is 18.1. The van der Waals surface area contributed by atoms with Gasteiger partial charge in [-0.3, -0.25) is 10.0 Å². The number of carbonyl (C=O) groups excluding carboxylic acids is 2. The largest absolute Gasteiger partial charge is 0.289 e. The molecule has 0 saturated carbocycles. The molecule has 0 aliphatic carbocycles. The van der Waals surface area contributed by atoms with E-state index >= 15 is 0 Å². The summed E-state index contributed by atoms with van der Waals surface area (Å²) >= 11 is 0. The lowest BCUT2D eigenvalue weighted by atomic mass is 10.0. The number of nitrogens with one attached hydrogen (secondary N) is 1. The number of unbranched alkanes of at least 4 members (excludes halogenated alkanes) is 18. The van der Waals surface area contributed by atoms with Gasteiger partial charge >= 0.3 is 0 Å². The minimum atomic E-state index is -0.269. The van der Waals surface area contributed by atoms with Crippen molar-refractivity contribution in [3.63, 3.8) is 0 Å². The van der Waals surface area contributed by atoms with E-state index in [0.717, 1.165) is 19.3 Å². The molecule has 0 radical (unpaired) electrons. The van der Waals surface area contributed by atoms with Gasteiger partial charge in [0.05, 0.1) is 6.54 Å². The summed E-state index contributed by atoms with van der Waals surface area (Å²) in [7, 11) is 0. The molecule has 0 aromatic carbocycles. The smallest absolute Gasteiger partial charge is 0.243 e. The van der Waals surface area contributed by atoms with Crippen molar-refractivity contribution in [2.24, 2.45) is 4.99 Å². The summed E-state index contributed by atoms with van der Waals surface area (Å²) in [5.74, 6) is -0.269. The standard InChI is InChI=1S/C23H44N2O3/c26-22-24-21-19-17-15-13-11-9-7-5-3-1-2-4-6-8-10-12-14-16-18-20-23(27)25-28/h28H,1-21H2,(H,25,27). The zero-order chi connectivity index (χ0) is 20.5. The normalized spacial score (nSPS) is 10.6. The second kappa shape index (κ2) is 23.8. The number of aliphatic imine (C=N–C) groups is 1. The van der Waals surface area contributed by atoms with Crippen LogP contribution in [0.15, 0.2) is 4.99 Å². The van der Waals surface area contributed by atoms with Crippen molar-refractivity contribution in [3.8, 4) is 0 Å². The molecule has 5 nitrogen and oxygen atoms in total. The topological polar surface area (TPSA) is 78.8 Å². The SMILES string of the molecule is O=C=NCCCCCCCCCCCCCCCCCCCCCC(=O)NO. The lowest BCUT2D eigenvalue weighted by Crippen LogP contribution is -2.17. The minimum Gasteiger partial charge on any atom is -0.289 e. The molecule has 1 amide bonds. The van der Waals surface area contributed by atoms with Gasteiger partial charge in [-0.15, -0.1) is 0 Å². The molecule has 0 heterocycles. The van der Waals surface area contributed by atoms with E-state index in [1.54, 1.807) is 11.6 Å². The first-order chi connectivity index (χ1) is 13.8. The summed E-state index contributed by atoms with van der Waals surface area (Å²) < 4.78 is 0. The fourth-order valence-electron chi connectivity index (χ4n) is 3.58. The van der Waals surface area contributed by atoms with Crippen LogP contribution in [0.5, 0.6) is 0 Å². The quantitative estimate of drug-likeness (QED) is 0.0708. The highest BCUT2D eigenvalue weighted by molar-refractivity contribution is 5.74. The fraction of sp³-hybridized carbons (Fsp3) is 0.913. The number of nitrogens with zero attached hydrogens (tertiary/aromatic N) is 1. The maximum absolute atomic E-state index is 10.8. The predicted octanol–water partition coefficient (Wildman–Crippen LogP) is 6.63. The van der Waals surface area contributed by atoms with Gasteiger partial charge in [-0.1, -0.05) is 109 Å². The summed E-state index contributed by atoms with van der Waals surface area (Å²) in [5.41, 5.74) is 1.68. The van der Waals surface area contributed by atoms with Crippen LogP contribution in [0.25, 0.3) is 0 Å². The Morgan fingerprint density at radius 2 is 0.929 bits per heavy atom. The van der Waals surface area contributed by atoms with Crippen LogP contribution >= 0.6 is 0 Å². The molecular formula is C23H44N2O3. The number of hydrogen-bond donors (Lipinski definition) is 2. The third kappa shape index (κ3) is 22.9. The van der Waals surface area contributed by atoms with Gasteiger partial charge in [-0.25, -0.2) is 15.3 Å². The molecule has 0 saturated heterocycles. The summed E-state index contributed by atoms with van der Waals surface area (Å²) in [6.45, 7) is 0.650. The molecule has 5 heteroatoms. The van der Waals surface area contributed by atoms with Crippen molar-refractivity contribution < 1.29 is 14.8 Å². The van der Waals surface area contributed by atoms with Crippen LogP contribution in [0.4, 0.5) is 0 Å². The molecule has 0 aliphatic heterocycles. The summed E-state index contributed by atoms with van der Waals surface area (Å²) in [6, 6.07) is 0. The molecule has 0 spiro atoms. The van der Waals surface area contributed by atoms with Crippen molar-refractivity contribution in [2.75, 3.05) is 6.54 Å². The van der Waals surface area contributed by atoms with E-state index in [4.69, 9.17) is 5.21 Å². The van der Waals surface area contributed by atoms with Gasteiger partial charge in [0.1, 0.15) is 0 Å². The Balaban J connectivity index is 3.03. The molecule has 0 aliphatic rings. The number of hydroxylamine groups is 1. The predicted molar refractivity (Wildman–Crippen MR) is 115 cm³/mol. The monoisotopic (exact) mass is 396 g/mol. The molecule has 2 N–H and O–H groups in total.